The van der Waals surface area contributed by atoms with E-state index in [1.165, 1.54) is 6.92 Å². The van der Waals surface area contributed by atoms with Crippen LogP contribution in [0.2, 0.25) is 5.02 Å². The van der Waals surface area contributed by atoms with Crippen LogP contribution in [0.25, 0.3) is 0 Å². The Morgan fingerprint density at radius 1 is 0.926 bits per heavy atom. The number of halogens is 1. The molecule has 138 valence electrons. The second kappa shape index (κ2) is 9.10. The molecule has 0 bridgehead atoms. The lowest BCUT2D eigenvalue weighted by atomic mass is 10.2. The zero-order chi connectivity index (χ0) is 19.1. The van der Waals surface area contributed by atoms with Gasteiger partial charge in [-0.05, 0) is 59.7 Å². The summed E-state index contributed by atoms with van der Waals surface area (Å²) in [6.07, 6.45) is 0. The highest BCUT2D eigenvalue weighted by Crippen LogP contribution is 2.18. The smallest absolute Gasteiger partial charge is 0.221 e. The van der Waals surface area contributed by atoms with Crippen LogP contribution in [-0.4, -0.2) is 5.91 Å². The molecule has 3 rings (SSSR count). The summed E-state index contributed by atoms with van der Waals surface area (Å²) in [5.74, 6) is 0.747. The lowest BCUT2D eigenvalue weighted by Gasteiger charge is -2.10. The number of benzene rings is 3. The van der Waals surface area contributed by atoms with Gasteiger partial charge in [-0.1, -0.05) is 35.9 Å². The summed E-state index contributed by atoms with van der Waals surface area (Å²) in [6.45, 7) is 2.67. The van der Waals surface area contributed by atoms with E-state index in [4.69, 9.17) is 16.3 Å². The summed E-state index contributed by atoms with van der Waals surface area (Å²) < 4.78 is 5.87. The quantitative estimate of drug-likeness (QED) is 0.569. The zero-order valence-corrected chi connectivity index (χ0v) is 15.8. The molecule has 0 aromatic heterocycles. The Hall–Kier alpha value is -2.98. The molecule has 0 heterocycles. The van der Waals surface area contributed by atoms with Crippen molar-refractivity contribution in [2.45, 2.75) is 20.1 Å². The molecule has 0 atom stereocenters. The first kappa shape index (κ1) is 18.8. The Bertz CT molecular complexity index is 893. The summed E-state index contributed by atoms with van der Waals surface area (Å²) in [4.78, 5) is 11.1. The van der Waals surface area contributed by atoms with Gasteiger partial charge < -0.3 is 15.4 Å². The molecule has 0 radical (unpaired) electrons. The highest BCUT2D eigenvalue weighted by atomic mass is 35.5. The monoisotopic (exact) mass is 380 g/mol. The standard InChI is InChI=1S/C22H21ClN2O2/c1-16(26)25-21-11-9-20(10-12-21)24-14-18-3-2-4-22(13-18)27-15-17-5-7-19(23)8-6-17/h2-13,24H,14-15H2,1H3,(H,25,26). The minimum absolute atomic E-state index is 0.0777. The summed E-state index contributed by atoms with van der Waals surface area (Å²) in [5.41, 5.74) is 3.96. The number of anilines is 2. The topological polar surface area (TPSA) is 50.4 Å². The van der Waals surface area contributed by atoms with Gasteiger partial charge >= 0.3 is 0 Å². The fourth-order valence-corrected chi connectivity index (χ4v) is 2.70. The predicted octanol–water partition coefficient (Wildman–Crippen LogP) is 5.49. The van der Waals surface area contributed by atoms with E-state index in [1.54, 1.807) is 0 Å². The number of carbonyl (C=O) groups excluding carboxylic acids is 1. The second-order valence-corrected chi connectivity index (χ2v) is 6.61. The molecule has 3 aromatic carbocycles. The van der Waals surface area contributed by atoms with Crippen molar-refractivity contribution in [3.05, 3.63) is 88.9 Å². The van der Waals surface area contributed by atoms with E-state index in [0.717, 1.165) is 33.3 Å². The maximum atomic E-state index is 11.1. The average Bonchev–Trinajstić information content (AvgIpc) is 2.67. The molecule has 0 saturated heterocycles. The van der Waals surface area contributed by atoms with E-state index in [1.807, 2.05) is 72.8 Å². The summed E-state index contributed by atoms with van der Waals surface area (Å²) in [6, 6.07) is 23.2. The fraction of sp³-hybridized carbons (Fsp3) is 0.136. The van der Waals surface area contributed by atoms with Gasteiger partial charge in [0.2, 0.25) is 5.91 Å². The van der Waals surface area contributed by atoms with Crippen LogP contribution in [0.5, 0.6) is 5.75 Å². The lowest BCUT2D eigenvalue weighted by Crippen LogP contribution is -2.05. The maximum absolute atomic E-state index is 11.1. The van der Waals surface area contributed by atoms with Crippen molar-refractivity contribution in [2.75, 3.05) is 10.6 Å². The molecule has 0 spiro atoms. The van der Waals surface area contributed by atoms with Crippen LogP contribution >= 0.6 is 11.6 Å². The van der Waals surface area contributed by atoms with Crippen molar-refractivity contribution >= 4 is 28.9 Å². The molecular formula is C22H21ClN2O2. The highest BCUT2D eigenvalue weighted by Gasteiger charge is 2.00. The number of carbonyl (C=O) groups is 1. The van der Waals surface area contributed by atoms with Crippen LogP contribution in [-0.2, 0) is 17.9 Å². The fourth-order valence-electron chi connectivity index (χ4n) is 2.57. The second-order valence-electron chi connectivity index (χ2n) is 6.17. The van der Waals surface area contributed by atoms with E-state index in [0.29, 0.717) is 13.2 Å². The number of ether oxygens (including phenoxy) is 1. The first-order chi connectivity index (χ1) is 13.1. The third-order valence-corrected chi connectivity index (χ3v) is 4.17. The molecule has 0 aliphatic carbocycles. The average molecular weight is 381 g/mol. The Kier molecular flexibility index (Phi) is 6.34. The van der Waals surface area contributed by atoms with Crippen LogP contribution in [0.15, 0.2) is 72.8 Å². The summed E-state index contributed by atoms with van der Waals surface area (Å²) >= 11 is 5.90. The van der Waals surface area contributed by atoms with Crippen molar-refractivity contribution in [3.63, 3.8) is 0 Å². The highest BCUT2D eigenvalue weighted by molar-refractivity contribution is 6.30. The van der Waals surface area contributed by atoms with E-state index >= 15 is 0 Å². The molecule has 5 heteroatoms. The third kappa shape index (κ3) is 6.04. The first-order valence-electron chi connectivity index (χ1n) is 8.66. The van der Waals surface area contributed by atoms with Crippen molar-refractivity contribution in [3.8, 4) is 5.75 Å². The Labute approximate surface area is 164 Å². The lowest BCUT2D eigenvalue weighted by molar-refractivity contribution is -0.114. The van der Waals surface area contributed by atoms with Crippen LogP contribution in [0.1, 0.15) is 18.1 Å². The van der Waals surface area contributed by atoms with Crippen molar-refractivity contribution in [1.29, 1.82) is 0 Å². The van der Waals surface area contributed by atoms with E-state index in [-0.39, 0.29) is 5.91 Å². The minimum atomic E-state index is -0.0777. The SMILES string of the molecule is CC(=O)Nc1ccc(NCc2cccc(OCc3ccc(Cl)cc3)c2)cc1. The Balaban J connectivity index is 1.54. The molecule has 2 N–H and O–H groups in total. The van der Waals surface area contributed by atoms with Gasteiger partial charge in [0, 0.05) is 29.9 Å². The molecule has 3 aromatic rings. The molecule has 4 nitrogen and oxygen atoms in total. The largest absolute Gasteiger partial charge is 0.489 e. The van der Waals surface area contributed by atoms with Gasteiger partial charge in [-0.25, -0.2) is 0 Å². The van der Waals surface area contributed by atoms with Crippen molar-refractivity contribution < 1.29 is 9.53 Å². The molecule has 0 saturated carbocycles. The predicted molar refractivity (Wildman–Crippen MR) is 110 cm³/mol. The molecule has 0 unspecified atom stereocenters. The van der Waals surface area contributed by atoms with Gasteiger partial charge in [-0.2, -0.15) is 0 Å². The van der Waals surface area contributed by atoms with Crippen LogP contribution in [0.4, 0.5) is 11.4 Å². The van der Waals surface area contributed by atoms with E-state index in [9.17, 15) is 4.79 Å². The van der Waals surface area contributed by atoms with E-state index in [2.05, 4.69) is 10.6 Å². The molecule has 0 fully saturated rings. The Morgan fingerprint density at radius 3 is 2.33 bits per heavy atom. The molecule has 1 amide bonds. The van der Waals surface area contributed by atoms with Gasteiger partial charge in [-0.15, -0.1) is 0 Å². The van der Waals surface area contributed by atoms with Gasteiger partial charge in [-0.3, -0.25) is 4.79 Å². The van der Waals surface area contributed by atoms with Crippen molar-refractivity contribution in [1.82, 2.24) is 0 Å². The summed E-state index contributed by atoms with van der Waals surface area (Å²) in [7, 11) is 0. The number of nitrogens with one attached hydrogen (secondary N) is 2. The minimum Gasteiger partial charge on any atom is -0.489 e. The molecule has 0 aliphatic heterocycles. The van der Waals surface area contributed by atoms with Gasteiger partial charge in [0.25, 0.3) is 0 Å². The van der Waals surface area contributed by atoms with Gasteiger partial charge in [0.1, 0.15) is 12.4 Å². The Morgan fingerprint density at radius 2 is 1.63 bits per heavy atom. The van der Waals surface area contributed by atoms with E-state index < -0.39 is 0 Å². The van der Waals surface area contributed by atoms with Gasteiger partial charge in [0.05, 0.1) is 0 Å². The number of hydrogen-bond donors (Lipinski definition) is 2. The number of amides is 1. The van der Waals surface area contributed by atoms with Crippen LogP contribution < -0.4 is 15.4 Å². The first-order valence-corrected chi connectivity index (χ1v) is 9.04. The molecular weight excluding hydrogens is 360 g/mol. The van der Waals surface area contributed by atoms with Crippen molar-refractivity contribution in [2.24, 2.45) is 0 Å². The third-order valence-electron chi connectivity index (χ3n) is 3.92. The molecule has 0 aliphatic rings. The maximum Gasteiger partial charge on any atom is 0.221 e. The zero-order valence-electron chi connectivity index (χ0n) is 15.0. The summed E-state index contributed by atoms with van der Waals surface area (Å²) in [5, 5.41) is 6.84. The van der Waals surface area contributed by atoms with Crippen LogP contribution in [0, 0.1) is 0 Å². The van der Waals surface area contributed by atoms with Gasteiger partial charge in [0.15, 0.2) is 0 Å². The number of hydrogen-bond acceptors (Lipinski definition) is 3. The normalized spacial score (nSPS) is 10.3. The molecule has 27 heavy (non-hydrogen) atoms. The number of rotatable bonds is 7. The van der Waals surface area contributed by atoms with Crippen LogP contribution in [0.3, 0.4) is 0 Å².